The number of para-hydroxylation sites is 1. The Balaban J connectivity index is 1.83. The van der Waals surface area contributed by atoms with Crippen molar-refractivity contribution in [2.45, 2.75) is 50.4 Å². The molecule has 3 aromatic rings. The van der Waals surface area contributed by atoms with Crippen molar-refractivity contribution in [2.75, 3.05) is 7.11 Å². The number of esters is 1. The third kappa shape index (κ3) is 3.16. The van der Waals surface area contributed by atoms with Crippen LogP contribution < -0.4 is 0 Å². The largest absolute Gasteiger partial charge is 0.469 e. The summed E-state index contributed by atoms with van der Waals surface area (Å²) in [7, 11) is 1.48. The zero-order valence-corrected chi connectivity index (χ0v) is 16.1. The third-order valence-corrected chi connectivity index (χ3v) is 6.37. The number of hydrogen-bond donors (Lipinski definition) is 1. The molecular weight excluding hydrogens is 334 g/mol. The van der Waals surface area contributed by atoms with Gasteiger partial charge < -0.3 is 9.72 Å². The van der Waals surface area contributed by atoms with Crippen LogP contribution in [0.4, 0.5) is 0 Å². The van der Waals surface area contributed by atoms with E-state index in [2.05, 4.69) is 66.5 Å². The minimum Gasteiger partial charge on any atom is -0.469 e. The predicted octanol–water partition coefficient (Wildman–Crippen LogP) is 5.50. The van der Waals surface area contributed by atoms with E-state index in [-0.39, 0.29) is 11.4 Å². The van der Waals surface area contributed by atoms with Crippen molar-refractivity contribution in [1.29, 1.82) is 0 Å². The van der Waals surface area contributed by atoms with Crippen molar-refractivity contribution in [3.63, 3.8) is 0 Å². The van der Waals surface area contributed by atoms with Gasteiger partial charge in [-0.3, -0.25) is 4.79 Å². The van der Waals surface area contributed by atoms with E-state index >= 15 is 0 Å². The third-order valence-electron chi connectivity index (χ3n) is 6.37. The lowest BCUT2D eigenvalue weighted by Crippen LogP contribution is -2.35. The summed E-state index contributed by atoms with van der Waals surface area (Å²) >= 11 is 0. The van der Waals surface area contributed by atoms with Crippen LogP contribution in [0, 0.1) is 0 Å². The number of rotatable bonds is 5. The lowest BCUT2D eigenvalue weighted by Gasteiger charge is -2.39. The highest BCUT2D eigenvalue weighted by molar-refractivity contribution is 5.86. The van der Waals surface area contributed by atoms with E-state index in [0.29, 0.717) is 12.3 Å². The second-order valence-electron chi connectivity index (χ2n) is 7.77. The number of benzene rings is 2. The Morgan fingerprint density at radius 1 is 1.15 bits per heavy atom. The quantitative estimate of drug-likeness (QED) is 0.610. The van der Waals surface area contributed by atoms with E-state index in [1.807, 2.05) is 0 Å². The maximum absolute atomic E-state index is 12.2. The van der Waals surface area contributed by atoms with Crippen LogP contribution in [0.2, 0.25) is 0 Å². The van der Waals surface area contributed by atoms with Crippen molar-refractivity contribution in [2.24, 2.45) is 0 Å². The summed E-state index contributed by atoms with van der Waals surface area (Å²) in [5.41, 5.74) is 5.05. The fraction of sp³-hybridized carbons (Fsp3) is 0.375. The van der Waals surface area contributed by atoms with Gasteiger partial charge in [-0.25, -0.2) is 0 Å². The standard InChI is InChI=1S/C24H27NO2/c1-3-24(16-21(26)27-2)14-13-18(15-17-9-5-4-6-10-17)22-19-11-7-8-12-20(19)25-23(22)24/h4-12,18,25H,3,13-16H2,1-2H3/t18?,24-/m1/s1. The molecule has 0 saturated carbocycles. The Hall–Kier alpha value is -2.55. The average molecular weight is 361 g/mol. The SMILES string of the molecule is CC[C@]1(CC(=O)OC)CCC(Cc2ccccc2)c2c1[nH]c1ccccc21. The zero-order valence-electron chi connectivity index (χ0n) is 16.1. The first kappa shape index (κ1) is 17.8. The molecule has 2 atom stereocenters. The summed E-state index contributed by atoms with van der Waals surface area (Å²) in [5, 5.41) is 1.30. The van der Waals surface area contributed by atoms with Gasteiger partial charge in [0.15, 0.2) is 0 Å². The van der Waals surface area contributed by atoms with Gasteiger partial charge in [-0.15, -0.1) is 0 Å². The average Bonchev–Trinajstić information content (AvgIpc) is 3.11. The molecule has 2 aromatic carbocycles. The lowest BCUT2D eigenvalue weighted by atomic mass is 9.65. The number of H-pyrrole nitrogens is 1. The van der Waals surface area contributed by atoms with E-state index in [1.165, 1.54) is 34.8 Å². The number of carbonyl (C=O) groups is 1. The molecule has 1 unspecified atom stereocenters. The molecule has 4 rings (SSSR count). The highest BCUT2D eigenvalue weighted by Crippen LogP contribution is 2.50. The molecule has 1 N–H and O–H groups in total. The summed E-state index contributed by atoms with van der Waals surface area (Å²) in [4.78, 5) is 15.9. The normalized spacial score (nSPS) is 21.8. The minimum atomic E-state index is -0.158. The van der Waals surface area contributed by atoms with Crippen molar-refractivity contribution in [1.82, 2.24) is 4.98 Å². The van der Waals surface area contributed by atoms with Crippen molar-refractivity contribution >= 4 is 16.9 Å². The molecule has 0 fully saturated rings. The van der Waals surface area contributed by atoms with E-state index in [4.69, 9.17) is 4.74 Å². The molecule has 0 aliphatic heterocycles. The Morgan fingerprint density at radius 2 is 1.89 bits per heavy atom. The molecular formula is C24H27NO2. The monoisotopic (exact) mass is 361 g/mol. The van der Waals surface area contributed by atoms with E-state index in [1.54, 1.807) is 0 Å². The summed E-state index contributed by atoms with van der Waals surface area (Å²) < 4.78 is 5.04. The first-order valence-electron chi connectivity index (χ1n) is 9.88. The van der Waals surface area contributed by atoms with Crippen LogP contribution in [0.1, 0.15) is 55.3 Å². The van der Waals surface area contributed by atoms with Crippen molar-refractivity contribution in [3.05, 3.63) is 71.4 Å². The second-order valence-corrected chi connectivity index (χ2v) is 7.77. The molecule has 0 saturated heterocycles. The van der Waals surface area contributed by atoms with Crippen LogP contribution in [-0.4, -0.2) is 18.1 Å². The van der Waals surface area contributed by atoms with Crippen LogP contribution in [0.5, 0.6) is 0 Å². The molecule has 1 aliphatic rings. The number of methoxy groups -OCH3 is 1. The van der Waals surface area contributed by atoms with Gasteiger partial charge in [-0.2, -0.15) is 0 Å². The van der Waals surface area contributed by atoms with Gasteiger partial charge in [0.25, 0.3) is 0 Å². The fourth-order valence-corrected chi connectivity index (χ4v) is 4.83. The Labute approximate surface area is 160 Å². The van der Waals surface area contributed by atoms with Gasteiger partial charge in [0.2, 0.25) is 0 Å². The van der Waals surface area contributed by atoms with Crippen LogP contribution in [-0.2, 0) is 21.4 Å². The van der Waals surface area contributed by atoms with E-state index in [0.717, 1.165) is 25.7 Å². The topological polar surface area (TPSA) is 42.1 Å². The van der Waals surface area contributed by atoms with E-state index < -0.39 is 0 Å². The Morgan fingerprint density at radius 3 is 2.63 bits per heavy atom. The molecule has 1 aromatic heterocycles. The highest BCUT2D eigenvalue weighted by atomic mass is 16.5. The number of aromatic amines is 1. The molecule has 27 heavy (non-hydrogen) atoms. The van der Waals surface area contributed by atoms with Crippen LogP contribution in [0.15, 0.2) is 54.6 Å². The maximum atomic E-state index is 12.2. The smallest absolute Gasteiger partial charge is 0.306 e. The molecule has 0 bridgehead atoms. The predicted molar refractivity (Wildman–Crippen MR) is 109 cm³/mol. The van der Waals surface area contributed by atoms with Gasteiger partial charge in [0.1, 0.15) is 0 Å². The van der Waals surface area contributed by atoms with Crippen LogP contribution in [0.25, 0.3) is 10.9 Å². The molecule has 0 amide bonds. The van der Waals surface area contributed by atoms with Gasteiger partial charge in [0, 0.05) is 22.0 Å². The second kappa shape index (κ2) is 7.22. The number of carbonyl (C=O) groups excluding carboxylic acids is 1. The molecule has 0 spiro atoms. The van der Waals surface area contributed by atoms with Gasteiger partial charge in [0.05, 0.1) is 13.5 Å². The number of ether oxygens (including phenoxy) is 1. The highest BCUT2D eigenvalue weighted by Gasteiger charge is 2.42. The van der Waals surface area contributed by atoms with Crippen molar-refractivity contribution in [3.8, 4) is 0 Å². The Kier molecular flexibility index (Phi) is 4.77. The summed E-state index contributed by atoms with van der Waals surface area (Å²) in [5.74, 6) is 0.346. The first-order valence-corrected chi connectivity index (χ1v) is 9.88. The molecule has 140 valence electrons. The van der Waals surface area contributed by atoms with E-state index in [9.17, 15) is 4.79 Å². The zero-order chi connectivity index (χ0) is 18.9. The molecule has 1 aliphatic carbocycles. The minimum absolute atomic E-state index is 0.122. The molecule has 3 nitrogen and oxygen atoms in total. The van der Waals surface area contributed by atoms with Crippen LogP contribution in [0.3, 0.4) is 0 Å². The Bertz CT molecular complexity index is 943. The molecule has 3 heteroatoms. The van der Waals surface area contributed by atoms with Gasteiger partial charge >= 0.3 is 5.97 Å². The maximum Gasteiger partial charge on any atom is 0.306 e. The molecule has 1 heterocycles. The molecule has 0 radical (unpaired) electrons. The van der Waals surface area contributed by atoms with Crippen LogP contribution >= 0.6 is 0 Å². The summed E-state index contributed by atoms with van der Waals surface area (Å²) in [6, 6.07) is 19.3. The number of fused-ring (bicyclic) bond motifs is 3. The van der Waals surface area contributed by atoms with Gasteiger partial charge in [-0.05, 0) is 48.8 Å². The van der Waals surface area contributed by atoms with Gasteiger partial charge in [-0.1, -0.05) is 55.5 Å². The number of aromatic nitrogens is 1. The first-order chi connectivity index (χ1) is 13.2. The number of nitrogens with one attached hydrogen (secondary N) is 1. The fourth-order valence-electron chi connectivity index (χ4n) is 4.83. The summed E-state index contributed by atoms with van der Waals surface area (Å²) in [6.45, 7) is 2.19. The lowest BCUT2D eigenvalue weighted by molar-refractivity contribution is -0.142. The summed E-state index contributed by atoms with van der Waals surface area (Å²) in [6.07, 6.45) is 4.51. The number of hydrogen-bond acceptors (Lipinski definition) is 2. The van der Waals surface area contributed by atoms with Crippen molar-refractivity contribution < 1.29 is 9.53 Å².